The van der Waals surface area contributed by atoms with Crippen LogP contribution in [0.2, 0.25) is 5.02 Å². The van der Waals surface area contributed by atoms with Crippen molar-refractivity contribution >= 4 is 39.3 Å². The summed E-state index contributed by atoms with van der Waals surface area (Å²) in [6.07, 6.45) is 1.55. The highest BCUT2D eigenvalue weighted by atomic mass is 79.9. The second-order valence-electron chi connectivity index (χ2n) is 3.03. The van der Waals surface area contributed by atoms with E-state index in [1.54, 1.807) is 30.5 Å². The Morgan fingerprint density at radius 2 is 2.31 bits per heavy atom. The van der Waals surface area contributed by atoms with Crippen LogP contribution in [0, 0.1) is 0 Å². The second kappa shape index (κ2) is 4.67. The summed E-state index contributed by atoms with van der Waals surface area (Å²) in [6.45, 7) is 0. The summed E-state index contributed by atoms with van der Waals surface area (Å²) in [7, 11) is 0. The van der Waals surface area contributed by atoms with E-state index in [9.17, 15) is 4.79 Å². The van der Waals surface area contributed by atoms with Crippen LogP contribution in [-0.2, 0) is 0 Å². The molecule has 0 aliphatic rings. The molecule has 2 rings (SSSR count). The molecule has 2 aromatic heterocycles. The molecule has 4 nitrogen and oxygen atoms in total. The Balaban J connectivity index is 2.13. The lowest BCUT2D eigenvalue weighted by Gasteiger charge is -2.02. The van der Waals surface area contributed by atoms with Crippen LogP contribution in [0.15, 0.2) is 35.1 Å². The van der Waals surface area contributed by atoms with Gasteiger partial charge in [-0.15, -0.1) is 0 Å². The van der Waals surface area contributed by atoms with Crippen LogP contribution in [0.5, 0.6) is 0 Å². The fourth-order valence-corrected chi connectivity index (χ4v) is 1.67. The molecule has 0 atom stereocenters. The second-order valence-corrected chi connectivity index (χ2v) is 4.28. The van der Waals surface area contributed by atoms with Gasteiger partial charge in [-0.25, -0.2) is 4.98 Å². The van der Waals surface area contributed by atoms with Gasteiger partial charge in [0.2, 0.25) is 0 Å². The van der Waals surface area contributed by atoms with E-state index in [1.807, 2.05) is 0 Å². The largest absolute Gasteiger partial charge is 0.356 e. The number of aromatic nitrogens is 2. The minimum Gasteiger partial charge on any atom is -0.356 e. The van der Waals surface area contributed by atoms with Crippen LogP contribution >= 0.6 is 27.5 Å². The Labute approximate surface area is 105 Å². The highest BCUT2D eigenvalue weighted by molar-refractivity contribution is 9.10. The molecule has 82 valence electrons. The van der Waals surface area contributed by atoms with Gasteiger partial charge in [-0.3, -0.25) is 4.79 Å². The lowest BCUT2D eigenvalue weighted by atomic mass is 10.4. The molecule has 0 saturated carbocycles. The Morgan fingerprint density at radius 3 is 2.94 bits per heavy atom. The zero-order valence-corrected chi connectivity index (χ0v) is 10.3. The van der Waals surface area contributed by atoms with Crippen molar-refractivity contribution in [2.24, 2.45) is 0 Å². The number of rotatable bonds is 2. The highest BCUT2D eigenvalue weighted by Gasteiger charge is 2.08. The first-order valence-electron chi connectivity index (χ1n) is 4.43. The molecule has 2 N–H and O–H groups in total. The lowest BCUT2D eigenvalue weighted by molar-refractivity contribution is 0.102. The first-order valence-corrected chi connectivity index (χ1v) is 5.60. The first kappa shape index (κ1) is 11.2. The van der Waals surface area contributed by atoms with Crippen molar-refractivity contribution in [1.29, 1.82) is 0 Å². The van der Waals surface area contributed by atoms with Gasteiger partial charge in [0.05, 0.1) is 5.02 Å². The van der Waals surface area contributed by atoms with Gasteiger partial charge in [0.15, 0.2) is 0 Å². The monoisotopic (exact) mass is 299 g/mol. The summed E-state index contributed by atoms with van der Waals surface area (Å²) >= 11 is 8.92. The fourth-order valence-electron chi connectivity index (χ4n) is 1.16. The highest BCUT2D eigenvalue weighted by Crippen LogP contribution is 2.13. The molecule has 1 amide bonds. The number of nitrogens with zero attached hydrogens (tertiary/aromatic N) is 1. The van der Waals surface area contributed by atoms with Gasteiger partial charge < -0.3 is 10.3 Å². The standard InChI is InChI=1S/C10H7BrClN3O/c11-8-2-1-3-9(14-8)15-10(16)7-4-6(12)5-13-7/h1-5,13H,(H,14,15,16). The maximum Gasteiger partial charge on any atom is 0.273 e. The quantitative estimate of drug-likeness (QED) is 0.837. The van der Waals surface area contributed by atoms with Crippen molar-refractivity contribution in [3.8, 4) is 0 Å². The lowest BCUT2D eigenvalue weighted by Crippen LogP contribution is -2.13. The normalized spacial score (nSPS) is 10.1. The Morgan fingerprint density at radius 1 is 1.50 bits per heavy atom. The number of pyridine rings is 1. The smallest absolute Gasteiger partial charge is 0.273 e. The summed E-state index contributed by atoms with van der Waals surface area (Å²) in [4.78, 5) is 18.5. The van der Waals surface area contributed by atoms with E-state index in [4.69, 9.17) is 11.6 Å². The third kappa shape index (κ3) is 2.62. The molecule has 0 saturated heterocycles. The number of hydrogen-bond donors (Lipinski definition) is 2. The van der Waals surface area contributed by atoms with E-state index in [0.717, 1.165) is 0 Å². The third-order valence-corrected chi connectivity index (χ3v) is 2.51. The van der Waals surface area contributed by atoms with Gasteiger partial charge in [0.1, 0.15) is 16.1 Å². The average Bonchev–Trinajstić information content (AvgIpc) is 2.65. The number of aromatic amines is 1. The van der Waals surface area contributed by atoms with Gasteiger partial charge in [-0.1, -0.05) is 17.7 Å². The molecule has 2 aromatic rings. The maximum atomic E-state index is 11.7. The molecule has 0 aliphatic carbocycles. The Kier molecular flexibility index (Phi) is 3.26. The first-order chi connectivity index (χ1) is 7.65. The van der Waals surface area contributed by atoms with Crippen molar-refractivity contribution in [3.63, 3.8) is 0 Å². The number of carbonyl (C=O) groups is 1. The van der Waals surface area contributed by atoms with E-state index >= 15 is 0 Å². The summed E-state index contributed by atoms with van der Waals surface area (Å²) in [5.74, 6) is 0.197. The molecular formula is C10H7BrClN3O. The zero-order chi connectivity index (χ0) is 11.5. The van der Waals surface area contributed by atoms with Crippen LogP contribution in [0.25, 0.3) is 0 Å². The molecule has 0 aromatic carbocycles. The molecule has 0 unspecified atom stereocenters. The molecule has 0 fully saturated rings. The minimum absolute atomic E-state index is 0.280. The van der Waals surface area contributed by atoms with Crippen molar-refractivity contribution in [1.82, 2.24) is 9.97 Å². The van der Waals surface area contributed by atoms with Crippen molar-refractivity contribution in [2.45, 2.75) is 0 Å². The molecule has 0 bridgehead atoms. The van der Waals surface area contributed by atoms with Crippen LogP contribution in [-0.4, -0.2) is 15.9 Å². The van der Waals surface area contributed by atoms with Gasteiger partial charge >= 0.3 is 0 Å². The number of carbonyl (C=O) groups excluding carboxylic acids is 1. The van der Waals surface area contributed by atoms with Crippen molar-refractivity contribution in [2.75, 3.05) is 5.32 Å². The predicted octanol–water partition coefficient (Wildman–Crippen LogP) is 3.08. The number of nitrogens with one attached hydrogen (secondary N) is 2. The van der Waals surface area contributed by atoms with E-state index in [-0.39, 0.29) is 5.91 Å². The summed E-state index contributed by atoms with van der Waals surface area (Å²) in [5, 5.41) is 3.14. The van der Waals surface area contributed by atoms with Crippen molar-refractivity contribution < 1.29 is 4.79 Å². The molecular weight excluding hydrogens is 293 g/mol. The number of amides is 1. The molecule has 2 heterocycles. The van der Waals surface area contributed by atoms with E-state index in [0.29, 0.717) is 21.1 Å². The predicted molar refractivity (Wildman–Crippen MR) is 65.7 cm³/mol. The minimum atomic E-state index is -0.280. The molecule has 0 spiro atoms. The third-order valence-electron chi connectivity index (χ3n) is 1.85. The Hall–Kier alpha value is -1.33. The SMILES string of the molecule is O=C(Nc1cccc(Br)n1)c1cc(Cl)c[nH]1. The van der Waals surface area contributed by atoms with Crippen LogP contribution < -0.4 is 5.32 Å². The number of hydrogen-bond acceptors (Lipinski definition) is 2. The van der Waals surface area contributed by atoms with Gasteiger partial charge in [-0.05, 0) is 34.1 Å². The summed E-state index contributed by atoms with van der Waals surface area (Å²) < 4.78 is 0.662. The van der Waals surface area contributed by atoms with Gasteiger partial charge in [0, 0.05) is 6.20 Å². The van der Waals surface area contributed by atoms with Crippen LogP contribution in [0.4, 0.5) is 5.82 Å². The van der Waals surface area contributed by atoms with Gasteiger partial charge in [0.25, 0.3) is 5.91 Å². The maximum absolute atomic E-state index is 11.7. The molecule has 0 aliphatic heterocycles. The topological polar surface area (TPSA) is 57.8 Å². The summed E-state index contributed by atoms with van der Waals surface area (Å²) in [5.41, 5.74) is 0.395. The molecule has 6 heteroatoms. The van der Waals surface area contributed by atoms with E-state index in [1.165, 1.54) is 0 Å². The van der Waals surface area contributed by atoms with Crippen LogP contribution in [0.3, 0.4) is 0 Å². The van der Waals surface area contributed by atoms with Crippen molar-refractivity contribution in [3.05, 3.63) is 45.8 Å². The average molecular weight is 301 g/mol. The Bertz CT molecular complexity index is 526. The number of anilines is 1. The number of H-pyrrole nitrogens is 1. The van der Waals surface area contributed by atoms with Crippen LogP contribution in [0.1, 0.15) is 10.5 Å². The zero-order valence-electron chi connectivity index (χ0n) is 8.00. The fraction of sp³-hybridized carbons (Fsp3) is 0. The van der Waals surface area contributed by atoms with E-state index in [2.05, 4.69) is 31.2 Å². The number of halogens is 2. The summed E-state index contributed by atoms with van der Waals surface area (Å²) in [6, 6.07) is 6.82. The molecule has 0 radical (unpaired) electrons. The molecule has 16 heavy (non-hydrogen) atoms. The van der Waals surface area contributed by atoms with E-state index < -0.39 is 0 Å². The van der Waals surface area contributed by atoms with Gasteiger partial charge in [-0.2, -0.15) is 0 Å².